The van der Waals surface area contributed by atoms with Crippen LogP contribution in [0.15, 0.2) is 11.4 Å². The van der Waals surface area contributed by atoms with Gasteiger partial charge in [-0.15, -0.1) is 22.9 Å². The summed E-state index contributed by atoms with van der Waals surface area (Å²) in [5, 5.41) is 2.13. The maximum absolute atomic E-state index is 12.9. The van der Waals surface area contributed by atoms with Gasteiger partial charge in [0, 0.05) is 23.3 Å². The Labute approximate surface area is 123 Å². The van der Waals surface area contributed by atoms with Crippen LogP contribution >= 0.6 is 22.9 Å². The van der Waals surface area contributed by atoms with Gasteiger partial charge in [-0.1, -0.05) is 0 Å². The third kappa shape index (κ3) is 2.55. The molecular weight excluding hydrogens is 278 g/mol. The molecule has 2 aliphatic rings. The molecule has 0 saturated heterocycles. The van der Waals surface area contributed by atoms with Gasteiger partial charge in [-0.05, 0) is 55.5 Å². The quantitative estimate of drug-likeness (QED) is 0.774. The Morgan fingerprint density at radius 1 is 1.37 bits per heavy atom. The van der Waals surface area contributed by atoms with E-state index >= 15 is 0 Å². The highest BCUT2D eigenvalue weighted by Crippen LogP contribution is 2.37. The van der Waals surface area contributed by atoms with Crippen molar-refractivity contribution in [1.29, 1.82) is 0 Å². The third-order valence-electron chi connectivity index (χ3n) is 4.47. The van der Waals surface area contributed by atoms with Gasteiger partial charge in [0.1, 0.15) is 0 Å². The number of aryl methyl sites for hydroxylation is 1. The minimum atomic E-state index is 0.0961. The first kappa shape index (κ1) is 13.4. The first-order valence-electron chi connectivity index (χ1n) is 7.24. The molecule has 1 heterocycles. The molecule has 0 aliphatic heterocycles. The van der Waals surface area contributed by atoms with Crippen LogP contribution in [0.4, 0.5) is 0 Å². The molecule has 0 bridgehead atoms. The predicted octanol–water partition coefficient (Wildman–Crippen LogP) is 3.79. The molecule has 0 aromatic carbocycles. The number of rotatable bonds is 4. The van der Waals surface area contributed by atoms with Crippen molar-refractivity contribution < 1.29 is 4.79 Å². The van der Waals surface area contributed by atoms with E-state index in [2.05, 4.69) is 16.3 Å². The van der Waals surface area contributed by atoms with Crippen molar-refractivity contribution in [1.82, 2.24) is 4.90 Å². The number of hydrogen-bond acceptors (Lipinski definition) is 2. The highest BCUT2D eigenvalue weighted by molar-refractivity contribution is 7.10. The van der Waals surface area contributed by atoms with E-state index in [-0.39, 0.29) is 5.92 Å². The second-order valence-electron chi connectivity index (χ2n) is 5.55. The summed E-state index contributed by atoms with van der Waals surface area (Å²) in [7, 11) is 0. The van der Waals surface area contributed by atoms with E-state index in [4.69, 9.17) is 11.6 Å². The van der Waals surface area contributed by atoms with E-state index in [9.17, 15) is 4.79 Å². The van der Waals surface area contributed by atoms with Crippen LogP contribution in [0.5, 0.6) is 0 Å². The molecule has 2 aliphatic carbocycles. The fraction of sp³-hybridized carbons (Fsp3) is 0.667. The summed E-state index contributed by atoms with van der Waals surface area (Å²) >= 11 is 7.69. The fourth-order valence-electron chi connectivity index (χ4n) is 3.21. The van der Waals surface area contributed by atoms with E-state index in [0.717, 1.165) is 32.1 Å². The van der Waals surface area contributed by atoms with Crippen molar-refractivity contribution in [3.8, 4) is 0 Å². The lowest BCUT2D eigenvalue weighted by Gasteiger charge is -2.39. The third-order valence-corrected chi connectivity index (χ3v) is 5.64. The van der Waals surface area contributed by atoms with E-state index in [1.165, 1.54) is 16.9 Å². The molecule has 104 valence electrons. The van der Waals surface area contributed by atoms with Gasteiger partial charge in [-0.3, -0.25) is 4.79 Å². The Morgan fingerprint density at radius 2 is 2.21 bits per heavy atom. The van der Waals surface area contributed by atoms with E-state index < -0.39 is 0 Å². The van der Waals surface area contributed by atoms with Crippen LogP contribution in [0.3, 0.4) is 0 Å². The number of carbonyl (C=O) groups excluding carboxylic acids is 1. The van der Waals surface area contributed by atoms with Gasteiger partial charge in [0.15, 0.2) is 0 Å². The molecule has 1 atom stereocenters. The molecule has 2 nitrogen and oxygen atoms in total. The van der Waals surface area contributed by atoms with Crippen LogP contribution in [0.1, 0.15) is 48.5 Å². The summed E-state index contributed by atoms with van der Waals surface area (Å²) in [5.74, 6) is 0.967. The first-order valence-corrected chi connectivity index (χ1v) is 8.65. The van der Waals surface area contributed by atoms with Gasteiger partial charge in [0.25, 0.3) is 0 Å². The van der Waals surface area contributed by atoms with Crippen LogP contribution in [0.2, 0.25) is 0 Å². The monoisotopic (exact) mass is 297 g/mol. The van der Waals surface area contributed by atoms with E-state index in [0.29, 0.717) is 24.4 Å². The molecule has 1 saturated carbocycles. The van der Waals surface area contributed by atoms with Crippen molar-refractivity contribution in [3.05, 3.63) is 21.9 Å². The van der Waals surface area contributed by atoms with Gasteiger partial charge >= 0.3 is 0 Å². The number of carbonyl (C=O) groups is 1. The number of fused-ring (bicyclic) bond motifs is 1. The molecular formula is C15H20ClNOS. The van der Waals surface area contributed by atoms with Crippen LogP contribution in [-0.4, -0.2) is 29.3 Å². The summed E-state index contributed by atoms with van der Waals surface area (Å²) in [6, 6.07) is 2.61. The summed E-state index contributed by atoms with van der Waals surface area (Å²) < 4.78 is 0. The average molecular weight is 298 g/mol. The van der Waals surface area contributed by atoms with Crippen molar-refractivity contribution >= 4 is 28.8 Å². The Bertz CT molecular complexity index is 455. The molecule has 1 unspecified atom stereocenters. The van der Waals surface area contributed by atoms with Crippen LogP contribution in [0, 0.1) is 0 Å². The van der Waals surface area contributed by atoms with E-state index in [1.54, 1.807) is 11.3 Å². The zero-order chi connectivity index (χ0) is 13.2. The smallest absolute Gasteiger partial charge is 0.230 e. The average Bonchev–Trinajstić information content (AvgIpc) is 2.83. The first-order chi connectivity index (χ1) is 9.31. The second-order valence-corrected chi connectivity index (χ2v) is 6.93. The Balaban J connectivity index is 1.79. The minimum absolute atomic E-state index is 0.0961. The van der Waals surface area contributed by atoms with Gasteiger partial charge in [0.2, 0.25) is 5.91 Å². The van der Waals surface area contributed by atoms with Gasteiger partial charge in [-0.25, -0.2) is 0 Å². The predicted molar refractivity (Wildman–Crippen MR) is 80.1 cm³/mol. The number of nitrogens with zero attached hydrogens (tertiary/aromatic N) is 1. The normalized spacial score (nSPS) is 22.7. The lowest BCUT2D eigenvalue weighted by atomic mass is 9.84. The highest BCUT2D eigenvalue weighted by Gasteiger charge is 2.35. The van der Waals surface area contributed by atoms with E-state index in [1.807, 2.05) is 0 Å². The van der Waals surface area contributed by atoms with Gasteiger partial charge < -0.3 is 4.90 Å². The second kappa shape index (κ2) is 5.84. The largest absolute Gasteiger partial charge is 0.338 e. The Morgan fingerprint density at radius 3 is 2.89 bits per heavy atom. The van der Waals surface area contributed by atoms with Crippen molar-refractivity contribution in [2.24, 2.45) is 0 Å². The van der Waals surface area contributed by atoms with Crippen molar-refractivity contribution in [2.75, 3.05) is 12.4 Å². The molecule has 1 fully saturated rings. The Kier molecular flexibility index (Phi) is 4.13. The topological polar surface area (TPSA) is 20.3 Å². The van der Waals surface area contributed by atoms with Gasteiger partial charge in [-0.2, -0.15) is 0 Å². The van der Waals surface area contributed by atoms with Crippen LogP contribution in [0.25, 0.3) is 0 Å². The fourth-order valence-corrected chi connectivity index (χ4v) is 4.37. The number of amides is 1. The Hall–Kier alpha value is -0.540. The summed E-state index contributed by atoms with van der Waals surface area (Å²) in [6.45, 7) is 0.709. The van der Waals surface area contributed by atoms with Crippen LogP contribution < -0.4 is 0 Å². The SMILES string of the molecule is O=C(C1CCCc2sccc21)N(CCCl)C1CCC1. The summed E-state index contributed by atoms with van der Waals surface area (Å²) in [4.78, 5) is 16.3. The molecule has 0 spiro atoms. The molecule has 3 rings (SSSR count). The van der Waals surface area contributed by atoms with Gasteiger partial charge in [0.05, 0.1) is 5.92 Å². The zero-order valence-electron chi connectivity index (χ0n) is 11.1. The lowest BCUT2D eigenvalue weighted by molar-refractivity contribution is -0.136. The van der Waals surface area contributed by atoms with Crippen molar-refractivity contribution in [2.45, 2.75) is 50.5 Å². The molecule has 4 heteroatoms. The molecule has 1 amide bonds. The number of alkyl halides is 1. The summed E-state index contributed by atoms with van der Waals surface area (Å²) in [6.07, 6.45) is 6.87. The minimum Gasteiger partial charge on any atom is -0.338 e. The molecule has 19 heavy (non-hydrogen) atoms. The van der Waals surface area contributed by atoms with Crippen LogP contribution in [-0.2, 0) is 11.2 Å². The number of hydrogen-bond donors (Lipinski definition) is 0. The number of thiophene rings is 1. The molecule has 1 aromatic heterocycles. The highest BCUT2D eigenvalue weighted by atomic mass is 35.5. The van der Waals surface area contributed by atoms with Crippen molar-refractivity contribution in [3.63, 3.8) is 0 Å². The lowest BCUT2D eigenvalue weighted by Crippen LogP contribution is -2.47. The summed E-state index contributed by atoms with van der Waals surface area (Å²) in [5.41, 5.74) is 1.29. The zero-order valence-corrected chi connectivity index (χ0v) is 12.7. The molecule has 0 N–H and O–H groups in total. The number of halogens is 1. The molecule has 0 radical (unpaired) electrons. The maximum atomic E-state index is 12.9. The molecule has 1 aromatic rings. The standard InChI is InChI=1S/C15H20ClNOS/c16-8-9-17(11-3-1-4-11)15(18)13-5-2-6-14-12(13)7-10-19-14/h7,10-11,13H,1-6,8-9H2. The maximum Gasteiger partial charge on any atom is 0.230 e.